The first-order valence-electron chi connectivity index (χ1n) is 8.51. The Morgan fingerprint density at radius 3 is 2.81 bits per heavy atom. The van der Waals surface area contributed by atoms with E-state index < -0.39 is 0 Å². The SMILES string of the molecule is CC(C)Oc1cccc(CN(C)c2ccc(C(=O)Nc3nncs3)cn2)c1. The predicted molar refractivity (Wildman–Crippen MR) is 106 cm³/mol. The van der Waals surface area contributed by atoms with E-state index in [4.69, 9.17) is 4.74 Å². The Labute approximate surface area is 162 Å². The smallest absolute Gasteiger partial charge is 0.259 e. The molecule has 0 aliphatic rings. The maximum absolute atomic E-state index is 12.2. The molecule has 1 aromatic carbocycles. The zero-order valence-corrected chi connectivity index (χ0v) is 16.2. The fraction of sp³-hybridized carbons (Fsp3) is 0.263. The van der Waals surface area contributed by atoms with Crippen molar-refractivity contribution in [3.05, 3.63) is 59.2 Å². The molecular weight excluding hydrogens is 362 g/mol. The molecule has 3 aromatic rings. The number of benzene rings is 1. The van der Waals surface area contributed by atoms with Gasteiger partial charge in [0, 0.05) is 19.8 Å². The summed E-state index contributed by atoms with van der Waals surface area (Å²) in [7, 11) is 1.96. The van der Waals surface area contributed by atoms with Crippen LogP contribution in [0.5, 0.6) is 5.75 Å². The van der Waals surface area contributed by atoms with Gasteiger partial charge in [-0.1, -0.05) is 23.5 Å². The lowest BCUT2D eigenvalue weighted by Gasteiger charge is -2.19. The van der Waals surface area contributed by atoms with E-state index in [2.05, 4.69) is 20.5 Å². The predicted octanol–water partition coefficient (Wildman–Crippen LogP) is 3.61. The van der Waals surface area contributed by atoms with Crippen molar-refractivity contribution in [1.29, 1.82) is 0 Å². The van der Waals surface area contributed by atoms with Crippen LogP contribution in [0.25, 0.3) is 0 Å². The number of carbonyl (C=O) groups excluding carboxylic acids is 1. The van der Waals surface area contributed by atoms with Gasteiger partial charge in [-0.05, 0) is 43.7 Å². The first-order chi connectivity index (χ1) is 13.0. The number of amides is 1. The summed E-state index contributed by atoms with van der Waals surface area (Å²) in [6, 6.07) is 11.6. The second kappa shape index (κ2) is 8.59. The highest BCUT2D eigenvalue weighted by molar-refractivity contribution is 7.13. The Morgan fingerprint density at radius 1 is 1.30 bits per heavy atom. The Balaban J connectivity index is 1.63. The number of carbonyl (C=O) groups is 1. The van der Waals surface area contributed by atoms with E-state index in [0.29, 0.717) is 17.2 Å². The van der Waals surface area contributed by atoms with Crippen LogP contribution >= 0.6 is 11.3 Å². The summed E-state index contributed by atoms with van der Waals surface area (Å²) in [5.41, 5.74) is 3.15. The largest absolute Gasteiger partial charge is 0.491 e. The molecule has 0 saturated heterocycles. The molecule has 0 radical (unpaired) electrons. The third kappa shape index (κ3) is 5.24. The minimum atomic E-state index is -0.257. The number of rotatable bonds is 7. The van der Waals surface area contributed by atoms with Crippen LogP contribution in [0.4, 0.5) is 10.9 Å². The van der Waals surface area contributed by atoms with Crippen molar-refractivity contribution in [3.63, 3.8) is 0 Å². The molecule has 0 aliphatic carbocycles. The van der Waals surface area contributed by atoms with Gasteiger partial charge in [-0.3, -0.25) is 10.1 Å². The van der Waals surface area contributed by atoms with Crippen molar-refractivity contribution < 1.29 is 9.53 Å². The second-order valence-corrected chi connectivity index (χ2v) is 7.11. The van der Waals surface area contributed by atoms with Gasteiger partial charge in [0.05, 0.1) is 11.7 Å². The number of hydrogen-bond donors (Lipinski definition) is 1. The third-order valence-corrected chi connectivity index (χ3v) is 4.28. The Bertz CT molecular complexity index is 881. The Kier molecular flexibility index (Phi) is 5.97. The van der Waals surface area contributed by atoms with Crippen molar-refractivity contribution in [1.82, 2.24) is 15.2 Å². The van der Waals surface area contributed by atoms with E-state index in [1.54, 1.807) is 17.8 Å². The van der Waals surface area contributed by atoms with Gasteiger partial charge in [-0.25, -0.2) is 4.98 Å². The number of anilines is 2. The first-order valence-corrected chi connectivity index (χ1v) is 9.39. The van der Waals surface area contributed by atoms with Gasteiger partial charge in [-0.15, -0.1) is 10.2 Å². The molecule has 0 aliphatic heterocycles. The molecule has 0 fully saturated rings. The van der Waals surface area contributed by atoms with Crippen LogP contribution in [0.3, 0.4) is 0 Å². The average molecular weight is 383 g/mol. The summed E-state index contributed by atoms with van der Waals surface area (Å²) in [6.07, 6.45) is 1.69. The molecule has 1 N–H and O–H groups in total. The van der Waals surface area contributed by atoms with Gasteiger partial charge < -0.3 is 9.64 Å². The van der Waals surface area contributed by atoms with E-state index in [-0.39, 0.29) is 12.0 Å². The van der Waals surface area contributed by atoms with E-state index >= 15 is 0 Å². The lowest BCUT2D eigenvalue weighted by atomic mass is 10.2. The zero-order valence-electron chi connectivity index (χ0n) is 15.4. The first kappa shape index (κ1) is 18.8. The summed E-state index contributed by atoms with van der Waals surface area (Å²) in [6.45, 7) is 4.69. The van der Waals surface area contributed by atoms with Crippen LogP contribution in [0.1, 0.15) is 29.8 Å². The highest BCUT2D eigenvalue weighted by atomic mass is 32.1. The lowest BCUT2D eigenvalue weighted by molar-refractivity contribution is 0.102. The van der Waals surface area contributed by atoms with Gasteiger partial charge in [0.1, 0.15) is 17.1 Å². The van der Waals surface area contributed by atoms with Crippen molar-refractivity contribution in [2.75, 3.05) is 17.3 Å². The molecule has 2 aromatic heterocycles. The van der Waals surface area contributed by atoms with Crippen LogP contribution in [0.15, 0.2) is 48.1 Å². The lowest BCUT2D eigenvalue weighted by Crippen LogP contribution is -2.18. The summed E-state index contributed by atoms with van der Waals surface area (Å²) >= 11 is 1.27. The number of nitrogens with one attached hydrogen (secondary N) is 1. The molecule has 0 unspecified atom stereocenters. The molecule has 8 heteroatoms. The van der Waals surface area contributed by atoms with Crippen molar-refractivity contribution in [2.24, 2.45) is 0 Å². The van der Waals surface area contributed by atoms with Gasteiger partial charge in [0.15, 0.2) is 0 Å². The maximum atomic E-state index is 12.2. The summed E-state index contributed by atoms with van der Waals surface area (Å²) in [5.74, 6) is 1.37. The summed E-state index contributed by atoms with van der Waals surface area (Å²) in [4.78, 5) is 18.6. The molecule has 0 bridgehead atoms. The number of pyridine rings is 1. The average Bonchev–Trinajstić information content (AvgIpc) is 3.14. The molecule has 0 saturated carbocycles. The van der Waals surface area contributed by atoms with Crippen LogP contribution in [-0.4, -0.2) is 34.2 Å². The molecule has 0 spiro atoms. The molecule has 1 amide bonds. The minimum Gasteiger partial charge on any atom is -0.491 e. The second-order valence-electron chi connectivity index (χ2n) is 6.27. The molecule has 2 heterocycles. The molecular formula is C19H21N5O2S. The van der Waals surface area contributed by atoms with Gasteiger partial charge in [0.25, 0.3) is 5.91 Å². The van der Waals surface area contributed by atoms with Gasteiger partial charge >= 0.3 is 0 Å². The van der Waals surface area contributed by atoms with Gasteiger partial charge in [-0.2, -0.15) is 0 Å². The number of hydrogen-bond acceptors (Lipinski definition) is 7. The topological polar surface area (TPSA) is 80.2 Å². The highest BCUT2D eigenvalue weighted by Crippen LogP contribution is 2.19. The Morgan fingerprint density at radius 2 is 2.15 bits per heavy atom. The minimum absolute atomic E-state index is 0.137. The normalized spacial score (nSPS) is 10.7. The van der Waals surface area contributed by atoms with Crippen molar-refractivity contribution in [3.8, 4) is 5.75 Å². The van der Waals surface area contributed by atoms with E-state index in [1.807, 2.05) is 56.1 Å². The van der Waals surface area contributed by atoms with Crippen LogP contribution in [0, 0.1) is 0 Å². The number of aromatic nitrogens is 3. The monoisotopic (exact) mass is 383 g/mol. The van der Waals surface area contributed by atoms with Crippen molar-refractivity contribution >= 4 is 28.2 Å². The molecule has 27 heavy (non-hydrogen) atoms. The standard InChI is InChI=1S/C19H21N5O2S/c1-13(2)26-16-6-4-5-14(9-16)11-24(3)17-8-7-15(10-20-17)18(25)22-19-23-21-12-27-19/h4-10,12-13H,11H2,1-3H3,(H,22,23,25). The summed E-state index contributed by atoms with van der Waals surface area (Å²) in [5, 5.41) is 10.6. The van der Waals surface area contributed by atoms with Crippen LogP contribution in [0.2, 0.25) is 0 Å². The fourth-order valence-electron chi connectivity index (χ4n) is 2.49. The molecule has 7 nitrogen and oxygen atoms in total. The highest BCUT2D eigenvalue weighted by Gasteiger charge is 2.10. The molecule has 3 rings (SSSR count). The Hall–Kier alpha value is -3.00. The maximum Gasteiger partial charge on any atom is 0.259 e. The van der Waals surface area contributed by atoms with Gasteiger partial charge in [0.2, 0.25) is 5.13 Å². The zero-order chi connectivity index (χ0) is 19.2. The number of nitrogens with zero attached hydrogens (tertiary/aromatic N) is 4. The fourth-order valence-corrected chi connectivity index (χ4v) is 2.93. The van der Waals surface area contributed by atoms with E-state index in [1.165, 1.54) is 11.3 Å². The quantitative estimate of drug-likeness (QED) is 0.671. The molecule has 0 atom stereocenters. The number of ether oxygens (including phenoxy) is 1. The summed E-state index contributed by atoms with van der Waals surface area (Å²) < 4.78 is 5.74. The van der Waals surface area contributed by atoms with E-state index in [9.17, 15) is 4.79 Å². The van der Waals surface area contributed by atoms with Crippen LogP contribution in [-0.2, 0) is 6.54 Å². The molecule has 140 valence electrons. The van der Waals surface area contributed by atoms with Crippen LogP contribution < -0.4 is 15.0 Å². The van der Waals surface area contributed by atoms with Crippen molar-refractivity contribution in [2.45, 2.75) is 26.5 Å². The van der Waals surface area contributed by atoms with E-state index in [0.717, 1.165) is 17.1 Å². The third-order valence-electron chi connectivity index (χ3n) is 3.67.